The number of nitro groups is 1. The fourth-order valence-corrected chi connectivity index (χ4v) is 7.16. The Balaban J connectivity index is 1.96. The van der Waals surface area contributed by atoms with Gasteiger partial charge >= 0.3 is 0 Å². The predicted molar refractivity (Wildman–Crippen MR) is 99.2 cm³/mol. The first-order valence-corrected chi connectivity index (χ1v) is 12.0. The van der Waals surface area contributed by atoms with Crippen LogP contribution in [0.1, 0.15) is 46.3 Å². The molecule has 2 saturated heterocycles. The Bertz CT molecular complexity index is 675. The molecule has 7 nitrogen and oxygen atoms in total. The highest BCUT2D eigenvalue weighted by molar-refractivity contribution is 6.73. The first-order chi connectivity index (χ1) is 12.3. The Morgan fingerprint density at radius 1 is 1.31 bits per heavy atom. The van der Waals surface area contributed by atoms with Gasteiger partial charge in [-0.3, -0.25) is 15.1 Å². The van der Waals surface area contributed by atoms with E-state index in [4.69, 9.17) is 13.9 Å². The quantitative estimate of drug-likeness (QED) is 0.305. The lowest BCUT2D eigenvalue weighted by atomic mass is 9.86. The van der Waals surface area contributed by atoms with Crippen LogP contribution in [0.3, 0.4) is 0 Å². The zero-order valence-electron chi connectivity index (χ0n) is 16.1. The molecule has 3 rings (SSSR count). The van der Waals surface area contributed by atoms with E-state index in [2.05, 4.69) is 25.8 Å². The number of fused-ring (bicyclic) bond motifs is 1. The second kappa shape index (κ2) is 6.99. The molecule has 2 fully saturated rings. The van der Waals surface area contributed by atoms with Gasteiger partial charge in [-0.1, -0.05) is 27.7 Å². The molecule has 1 aromatic rings. The molecule has 26 heavy (non-hydrogen) atoms. The number of hydrogen-bond donors (Lipinski definition) is 0. The molecule has 2 aliphatic heterocycles. The lowest BCUT2D eigenvalue weighted by Gasteiger charge is -2.40. The van der Waals surface area contributed by atoms with Crippen LogP contribution in [0, 0.1) is 16.0 Å². The molecule has 0 unspecified atom stereocenters. The fraction of sp³-hybridized carbons (Fsp3) is 0.722. The normalized spacial score (nSPS) is 33.6. The molecule has 3 heterocycles. The van der Waals surface area contributed by atoms with Crippen LogP contribution in [0.25, 0.3) is 0 Å². The summed E-state index contributed by atoms with van der Waals surface area (Å²) in [7, 11) is -1.90. The Morgan fingerprint density at radius 3 is 2.54 bits per heavy atom. The minimum absolute atomic E-state index is 0.0178. The van der Waals surface area contributed by atoms with Gasteiger partial charge in [0.2, 0.25) is 0 Å². The third-order valence-electron chi connectivity index (χ3n) is 6.17. The van der Waals surface area contributed by atoms with Gasteiger partial charge in [0.1, 0.15) is 12.3 Å². The van der Waals surface area contributed by atoms with Gasteiger partial charge in [-0.25, -0.2) is 0 Å². The topological polar surface area (TPSA) is 87.0 Å². The predicted octanol–water partition coefficient (Wildman–Crippen LogP) is 4.20. The Morgan fingerprint density at radius 2 is 1.96 bits per heavy atom. The lowest BCUT2D eigenvalue weighted by molar-refractivity contribution is -0.386. The Hall–Kier alpha value is -1.35. The highest BCUT2D eigenvalue weighted by atomic mass is 28.4. The van der Waals surface area contributed by atoms with Crippen molar-refractivity contribution >= 4 is 14.0 Å². The number of aromatic nitrogens is 1. The molecule has 0 radical (unpaired) electrons. The zero-order chi connectivity index (χ0) is 19.1. The van der Waals surface area contributed by atoms with Crippen LogP contribution in [-0.4, -0.2) is 36.2 Å². The summed E-state index contributed by atoms with van der Waals surface area (Å²) in [5.41, 5.74) is 0.522. The average molecular weight is 381 g/mol. The molecule has 0 amide bonds. The van der Waals surface area contributed by atoms with Gasteiger partial charge in [0.15, 0.2) is 14.1 Å². The van der Waals surface area contributed by atoms with Gasteiger partial charge in [0.25, 0.3) is 5.69 Å². The molecule has 144 valence electrons. The van der Waals surface area contributed by atoms with Crippen molar-refractivity contribution < 1.29 is 18.8 Å². The molecule has 0 N–H and O–H groups in total. The van der Waals surface area contributed by atoms with Gasteiger partial charge in [0.05, 0.1) is 22.7 Å². The second-order valence-electron chi connectivity index (χ2n) is 7.35. The van der Waals surface area contributed by atoms with Crippen molar-refractivity contribution in [1.82, 2.24) is 4.98 Å². The third kappa shape index (κ3) is 2.98. The molecular weight excluding hydrogens is 352 g/mol. The smallest absolute Gasteiger partial charge is 0.293 e. The summed E-state index contributed by atoms with van der Waals surface area (Å²) in [6.07, 6.45) is 2.11. The van der Waals surface area contributed by atoms with Crippen LogP contribution in [-0.2, 0) is 13.9 Å². The van der Waals surface area contributed by atoms with Crippen molar-refractivity contribution in [3.8, 4) is 0 Å². The van der Waals surface area contributed by atoms with Crippen molar-refractivity contribution in [1.29, 1.82) is 0 Å². The first kappa shape index (κ1) is 19.4. The molecule has 0 aromatic carbocycles. The molecule has 0 saturated carbocycles. The van der Waals surface area contributed by atoms with Crippen LogP contribution < -0.4 is 0 Å². The van der Waals surface area contributed by atoms with E-state index >= 15 is 0 Å². The standard InChI is InChI=1S/C18H28N2O5Si/c1-6-26(7-2,8-3)25-18-12(4)16(23-13(5)17(18)24-18)14-9-10-19-11-15(14)20(21)22/h9-13,16-17H,6-8H2,1-5H3/t12-,13-,16-,17+,18+/m1/s1. The minimum Gasteiger partial charge on any atom is -0.388 e. The summed E-state index contributed by atoms with van der Waals surface area (Å²) in [6.45, 7) is 10.5. The maximum Gasteiger partial charge on any atom is 0.293 e. The van der Waals surface area contributed by atoms with E-state index in [1.165, 1.54) is 6.20 Å². The monoisotopic (exact) mass is 380 g/mol. The summed E-state index contributed by atoms with van der Waals surface area (Å²) in [5.74, 6) is -0.824. The van der Waals surface area contributed by atoms with Gasteiger partial charge in [-0.2, -0.15) is 0 Å². The van der Waals surface area contributed by atoms with E-state index < -0.39 is 25.1 Å². The summed E-state index contributed by atoms with van der Waals surface area (Å²) >= 11 is 0. The van der Waals surface area contributed by atoms with Gasteiger partial charge in [-0.15, -0.1) is 0 Å². The van der Waals surface area contributed by atoms with Crippen molar-refractivity contribution in [3.63, 3.8) is 0 Å². The minimum atomic E-state index is -1.90. The van der Waals surface area contributed by atoms with E-state index in [0.717, 1.165) is 18.1 Å². The summed E-state index contributed by atoms with van der Waals surface area (Å²) < 4.78 is 19.0. The van der Waals surface area contributed by atoms with Crippen molar-refractivity contribution in [3.05, 3.63) is 34.1 Å². The maximum absolute atomic E-state index is 11.4. The molecule has 1 aromatic heterocycles. The number of nitrogens with zero attached hydrogens (tertiary/aromatic N) is 2. The SMILES string of the molecule is CC[Si](CC)(CC)O[C@]12O[C@H]1[C@@H](C)O[C@@H](c1ccncc1[N+](=O)[O-])[C@H]2C. The summed E-state index contributed by atoms with van der Waals surface area (Å²) in [6, 6.07) is 4.76. The Labute approximate surface area is 155 Å². The molecule has 5 atom stereocenters. The molecule has 8 heteroatoms. The average Bonchev–Trinajstić information content (AvgIpc) is 3.39. The second-order valence-corrected chi connectivity index (χ2v) is 12.0. The number of epoxide rings is 1. The lowest BCUT2D eigenvalue weighted by Crippen LogP contribution is -2.50. The molecule has 0 bridgehead atoms. The van der Waals surface area contributed by atoms with Crippen molar-refractivity contribution in [2.24, 2.45) is 5.92 Å². The molecular formula is C18H28N2O5Si. The maximum atomic E-state index is 11.4. The number of rotatable bonds is 7. The van der Waals surface area contributed by atoms with E-state index in [1.807, 2.05) is 13.8 Å². The van der Waals surface area contributed by atoms with E-state index in [-0.39, 0.29) is 23.8 Å². The van der Waals surface area contributed by atoms with Crippen LogP contribution >= 0.6 is 0 Å². The van der Waals surface area contributed by atoms with E-state index in [1.54, 1.807) is 12.3 Å². The number of hydrogen-bond acceptors (Lipinski definition) is 6. The molecule has 2 aliphatic rings. The third-order valence-corrected chi connectivity index (χ3v) is 10.8. The first-order valence-electron chi connectivity index (χ1n) is 9.45. The van der Waals surface area contributed by atoms with Gasteiger partial charge < -0.3 is 13.9 Å². The highest BCUT2D eigenvalue weighted by Crippen LogP contribution is 2.58. The number of ether oxygens (including phenoxy) is 2. The Kier molecular flexibility index (Phi) is 5.22. The largest absolute Gasteiger partial charge is 0.388 e. The van der Waals surface area contributed by atoms with E-state index in [9.17, 15) is 10.1 Å². The molecule has 0 spiro atoms. The fourth-order valence-electron chi connectivity index (χ4n) is 4.20. The van der Waals surface area contributed by atoms with E-state index in [0.29, 0.717) is 5.56 Å². The van der Waals surface area contributed by atoms with Crippen LogP contribution in [0.2, 0.25) is 18.1 Å². The highest BCUT2D eigenvalue weighted by Gasteiger charge is 2.71. The number of pyridine rings is 1. The van der Waals surface area contributed by atoms with Crippen LogP contribution in [0.15, 0.2) is 18.5 Å². The van der Waals surface area contributed by atoms with Gasteiger partial charge in [0, 0.05) is 12.1 Å². The summed E-state index contributed by atoms with van der Waals surface area (Å²) in [5, 5.41) is 11.4. The summed E-state index contributed by atoms with van der Waals surface area (Å²) in [4.78, 5) is 14.9. The van der Waals surface area contributed by atoms with Crippen molar-refractivity contribution in [2.45, 2.75) is 76.8 Å². The van der Waals surface area contributed by atoms with Crippen molar-refractivity contribution in [2.75, 3.05) is 0 Å². The van der Waals surface area contributed by atoms with Crippen LogP contribution in [0.5, 0.6) is 0 Å². The zero-order valence-corrected chi connectivity index (χ0v) is 17.1. The molecule has 0 aliphatic carbocycles. The van der Waals surface area contributed by atoms with Gasteiger partial charge in [-0.05, 0) is 31.1 Å². The van der Waals surface area contributed by atoms with Crippen LogP contribution in [0.4, 0.5) is 5.69 Å².